The third kappa shape index (κ3) is 5.39. The molecule has 1 N–H and O–H groups in total. The zero-order chi connectivity index (χ0) is 18.4. The van der Waals surface area contributed by atoms with Gasteiger partial charge < -0.3 is 9.84 Å². The van der Waals surface area contributed by atoms with Crippen LogP contribution >= 0.6 is 15.9 Å². The lowest BCUT2D eigenvalue weighted by atomic mass is 10.1. The maximum atomic E-state index is 12.3. The SMILES string of the molecule is CCOC(=O)CCC(=O)c1nc(Cc2cccc(C)c2)cc(Br)c1O. The number of carbonyl (C=O) groups excluding carboxylic acids is 2. The van der Waals surface area contributed by atoms with Crippen LogP contribution in [0.3, 0.4) is 0 Å². The summed E-state index contributed by atoms with van der Waals surface area (Å²) in [5.41, 5.74) is 2.84. The lowest BCUT2D eigenvalue weighted by molar-refractivity contribution is -0.143. The van der Waals surface area contributed by atoms with Gasteiger partial charge in [0.05, 0.1) is 17.5 Å². The van der Waals surface area contributed by atoms with Crippen LogP contribution in [0.25, 0.3) is 0 Å². The number of pyridine rings is 1. The highest BCUT2D eigenvalue weighted by atomic mass is 79.9. The average Bonchev–Trinajstić information content (AvgIpc) is 2.56. The van der Waals surface area contributed by atoms with Crippen LogP contribution in [-0.2, 0) is 16.0 Å². The van der Waals surface area contributed by atoms with Gasteiger partial charge in [0.2, 0.25) is 0 Å². The molecular weight excluding hydrogens is 386 g/mol. The smallest absolute Gasteiger partial charge is 0.306 e. The Morgan fingerprint density at radius 2 is 2.00 bits per heavy atom. The van der Waals surface area contributed by atoms with Crippen molar-refractivity contribution in [1.29, 1.82) is 0 Å². The Kier molecular flexibility index (Phi) is 6.70. The molecule has 0 unspecified atom stereocenters. The summed E-state index contributed by atoms with van der Waals surface area (Å²) < 4.78 is 5.22. The Morgan fingerprint density at radius 3 is 2.68 bits per heavy atom. The maximum Gasteiger partial charge on any atom is 0.306 e. The predicted octanol–water partition coefficient (Wildman–Crippen LogP) is 3.97. The van der Waals surface area contributed by atoms with Crippen LogP contribution in [0, 0.1) is 6.92 Å². The zero-order valence-electron chi connectivity index (χ0n) is 14.2. The summed E-state index contributed by atoms with van der Waals surface area (Å²) in [5.74, 6) is -1.04. The van der Waals surface area contributed by atoms with Crippen LogP contribution in [0.4, 0.5) is 0 Å². The largest absolute Gasteiger partial charge is 0.504 e. The third-order valence-electron chi connectivity index (χ3n) is 3.59. The number of esters is 1. The first-order chi connectivity index (χ1) is 11.9. The normalized spacial score (nSPS) is 10.5. The molecule has 6 heteroatoms. The summed E-state index contributed by atoms with van der Waals surface area (Å²) in [5, 5.41) is 10.1. The van der Waals surface area contributed by atoms with Gasteiger partial charge in [-0.05, 0) is 41.4 Å². The van der Waals surface area contributed by atoms with Gasteiger partial charge in [-0.2, -0.15) is 0 Å². The Hall–Kier alpha value is -2.21. The Labute approximate surface area is 155 Å². The Bertz CT molecular complexity index is 789. The van der Waals surface area contributed by atoms with Gasteiger partial charge in [0.25, 0.3) is 0 Å². The van der Waals surface area contributed by atoms with Crippen LogP contribution in [-0.4, -0.2) is 28.4 Å². The van der Waals surface area contributed by atoms with Crippen LogP contribution in [0.1, 0.15) is 47.1 Å². The minimum Gasteiger partial charge on any atom is -0.504 e. The molecule has 0 spiro atoms. The lowest BCUT2D eigenvalue weighted by Crippen LogP contribution is -2.10. The average molecular weight is 406 g/mol. The van der Waals surface area contributed by atoms with Crippen molar-refractivity contribution in [2.45, 2.75) is 33.1 Å². The highest BCUT2D eigenvalue weighted by Gasteiger charge is 2.19. The van der Waals surface area contributed by atoms with E-state index in [-0.39, 0.29) is 30.9 Å². The summed E-state index contributed by atoms with van der Waals surface area (Å²) in [6.45, 7) is 3.99. The lowest BCUT2D eigenvalue weighted by Gasteiger charge is -2.09. The quantitative estimate of drug-likeness (QED) is 0.556. The van der Waals surface area contributed by atoms with Crippen molar-refractivity contribution in [3.05, 3.63) is 57.3 Å². The molecule has 0 saturated carbocycles. The van der Waals surface area contributed by atoms with Gasteiger partial charge >= 0.3 is 5.97 Å². The molecule has 25 heavy (non-hydrogen) atoms. The van der Waals surface area contributed by atoms with Crippen molar-refractivity contribution >= 4 is 27.7 Å². The molecule has 0 fully saturated rings. The molecule has 1 aromatic carbocycles. The van der Waals surface area contributed by atoms with E-state index in [2.05, 4.69) is 20.9 Å². The van der Waals surface area contributed by atoms with E-state index in [1.165, 1.54) is 0 Å². The Morgan fingerprint density at radius 1 is 1.24 bits per heavy atom. The molecular formula is C19H20BrNO4. The molecule has 0 radical (unpaired) electrons. The molecule has 2 aromatic rings. The number of nitrogens with zero attached hydrogens (tertiary/aromatic N) is 1. The second-order valence-corrected chi connectivity index (χ2v) is 6.54. The Balaban J connectivity index is 2.19. The first-order valence-electron chi connectivity index (χ1n) is 8.03. The molecule has 0 aliphatic rings. The van der Waals surface area contributed by atoms with Crippen molar-refractivity contribution in [1.82, 2.24) is 4.98 Å². The van der Waals surface area contributed by atoms with Gasteiger partial charge in [-0.25, -0.2) is 4.98 Å². The van der Waals surface area contributed by atoms with Crippen molar-refractivity contribution < 1.29 is 19.4 Å². The van der Waals surface area contributed by atoms with Crippen LogP contribution in [0.2, 0.25) is 0 Å². The molecule has 0 aliphatic heterocycles. The van der Waals surface area contributed by atoms with E-state index >= 15 is 0 Å². The maximum absolute atomic E-state index is 12.3. The number of ether oxygens (including phenoxy) is 1. The van der Waals surface area contributed by atoms with Crippen molar-refractivity contribution in [3.63, 3.8) is 0 Å². The van der Waals surface area contributed by atoms with Gasteiger partial charge in [0.15, 0.2) is 11.5 Å². The number of benzene rings is 1. The molecule has 0 bridgehead atoms. The van der Waals surface area contributed by atoms with Gasteiger partial charge in [0.1, 0.15) is 5.69 Å². The molecule has 132 valence electrons. The van der Waals surface area contributed by atoms with Gasteiger partial charge in [0, 0.05) is 18.5 Å². The van der Waals surface area contributed by atoms with Crippen LogP contribution < -0.4 is 0 Å². The van der Waals surface area contributed by atoms with Gasteiger partial charge in [-0.1, -0.05) is 29.8 Å². The van der Waals surface area contributed by atoms with E-state index in [4.69, 9.17) is 4.74 Å². The second-order valence-electron chi connectivity index (χ2n) is 5.69. The number of Topliss-reactive ketones (excluding diaryl/α,β-unsaturated/α-hetero) is 1. The van der Waals surface area contributed by atoms with Crippen molar-refractivity contribution in [3.8, 4) is 5.75 Å². The second kappa shape index (κ2) is 8.76. The van der Waals surface area contributed by atoms with E-state index in [0.29, 0.717) is 16.6 Å². The van der Waals surface area contributed by atoms with E-state index in [1.807, 2.05) is 31.2 Å². The van der Waals surface area contributed by atoms with E-state index in [1.54, 1.807) is 13.0 Å². The number of hydrogen-bond acceptors (Lipinski definition) is 5. The molecule has 0 aliphatic carbocycles. The highest BCUT2D eigenvalue weighted by Crippen LogP contribution is 2.29. The van der Waals surface area contributed by atoms with Gasteiger partial charge in [-0.3, -0.25) is 9.59 Å². The van der Waals surface area contributed by atoms with E-state index < -0.39 is 11.8 Å². The minimum atomic E-state index is -0.440. The summed E-state index contributed by atoms with van der Waals surface area (Å²) in [7, 11) is 0. The standard InChI is InChI=1S/C19H20BrNO4/c1-3-25-17(23)8-7-16(22)18-19(24)15(20)11-14(21-18)10-13-6-4-5-12(2)9-13/h4-6,9,11,24H,3,7-8,10H2,1-2H3. The number of ketones is 1. The number of aromatic hydroxyl groups is 1. The summed E-state index contributed by atoms with van der Waals surface area (Å²) in [4.78, 5) is 28.0. The van der Waals surface area contributed by atoms with Crippen LogP contribution in [0.15, 0.2) is 34.8 Å². The summed E-state index contributed by atoms with van der Waals surface area (Å²) in [6, 6.07) is 9.70. The first-order valence-corrected chi connectivity index (χ1v) is 8.82. The minimum absolute atomic E-state index is 0.0265. The number of aromatic nitrogens is 1. The number of halogens is 1. The zero-order valence-corrected chi connectivity index (χ0v) is 15.8. The van der Waals surface area contributed by atoms with Crippen LogP contribution in [0.5, 0.6) is 5.75 Å². The van der Waals surface area contributed by atoms with E-state index in [0.717, 1.165) is 11.1 Å². The molecule has 1 heterocycles. The molecule has 0 saturated heterocycles. The molecule has 0 atom stereocenters. The number of hydrogen-bond donors (Lipinski definition) is 1. The summed E-state index contributed by atoms with van der Waals surface area (Å²) >= 11 is 3.26. The highest BCUT2D eigenvalue weighted by molar-refractivity contribution is 9.10. The van der Waals surface area contributed by atoms with Crippen molar-refractivity contribution in [2.75, 3.05) is 6.61 Å². The molecule has 2 rings (SSSR count). The summed E-state index contributed by atoms with van der Waals surface area (Å²) in [6.07, 6.45) is 0.450. The predicted molar refractivity (Wildman–Crippen MR) is 97.8 cm³/mol. The van der Waals surface area contributed by atoms with Crippen molar-refractivity contribution in [2.24, 2.45) is 0 Å². The molecule has 5 nitrogen and oxygen atoms in total. The fraction of sp³-hybridized carbons (Fsp3) is 0.316. The van der Waals surface area contributed by atoms with E-state index in [9.17, 15) is 14.7 Å². The number of rotatable bonds is 7. The molecule has 1 aromatic heterocycles. The fourth-order valence-electron chi connectivity index (χ4n) is 2.44. The fourth-order valence-corrected chi connectivity index (χ4v) is 2.89. The number of aryl methyl sites for hydroxylation is 1. The monoisotopic (exact) mass is 405 g/mol. The third-order valence-corrected chi connectivity index (χ3v) is 4.20. The van der Waals surface area contributed by atoms with Gasteiger partial charge in [-0.15, -0.1) is 0 Å². The molecule has 0 amide bonds. The first kappa shape index (κ1) is 19.1. The topological polar surface area (TPSA) is 76.5 Å². The number of carbonyl (C=O) groups is 2.